The van der Waals surface area contributed by atoms with Crippen LogP contribution in [0.4, 0.5) is 0 Å². The number of guanidine groups is 1. The Hall–Kier alpha value is -1.89. The first kappa shape index (κ1) is 17.5. The molecule has 0 aliphatic rings. The van der Waals surface area contributed by atoms with E-state index < -0.39 is 0 Å². The minimum absolute atomic E-state index is 0.394. The molecule has 0 saturated heterocycles. The molecule has 126 valence electrons. The first-order valence-electron chi connectivity index (χ1n) is 8.16. The summed E-state index contributed by atoms with van der Waals surface area (Å²) in [6, 6.07) is 4.56. The summed E-state index contributed by atoms with van der Waals surface area (Å²) < 4.78 is 2.08. The summed E-state index contributed by atoms with van der Waals surface area (Å²) in [6.07, 6.45) is 3.74. The monoisotopic (exact) mass is 334 g/mol. The van der Waals surface area contributed by atoms with E-state index in [2.05, 4.69) is 68.7 Å². The van der Waals surface area contributed by atoms with E-state index in [4.69, 9.17) is 0 Å². The number of nitrogens with one attached hydrogen (secondary N) is 2. The van der Waals surface area contributed by atoms with Gasteiger partial charge >= 0.3 is 0 Å². The van der Waals surface area contributed by atoms with Gasteiger partial charge in [-0.2, -0.15) is 0 Å². The Morgan fingerprint density at radius 1 is 1.43 bits per heavy atom. The van der Waals surface area contributed by atoms with Crippen LogP contribution in [0.15, 0.2) is 28.8 Å². The van der Waals surface area contributed by atoms with E-state index in [0.29, 0.717) is 12.6 Å². The van der Waals surface area contributed by atoms with Gasteiger partial charge in [-0.1, -0.05) is 19.9 Å². The van der Waals surface area contributed by atoms with Gasteiger partial charge in [-0.05, 0) is 24.8 Å². The van der Waals surface area contributed by atoms with Crippen LogP contribution in [0.5, 0.6) is 0 Å². The van der Waals surface area contributed by atoms with Crippen LogP contribution < -0.4 is 10.6 Å². The summed E-state index contributed by atoms with van der Waals surface area (Å²) in [6.45, 7) is 8.74. The van der Waals surface area contributed by atoms with Crippen molar-refractivity contribution in [3.05, 3.63) is 34.5 Å². The average Bonchev–Trinajstić information content (AvgIpc) is 3.23. The molecule has 0 saturated carbocycles. The highest BCUT2D eigenvalue weighted by atomic mass is 32.1. The summed E-state index contributed by atoms with van der Waals surface area (Å²) in [5.74, 6) is 1.87. The average molecular weight is 334 g/mol. The van der Waals surface area contributed by atoms with Crippen LogP contribution in [-0.4, -0.2) is 33.3 Å². The summed E-state index contributed by atoms with van der Waals surface area (Å²) >= 11 is 1.73. The quantitative estimate of drug-likeness (QED) is 0.575. The number of aromatic nitrogens is 3. The molecule has 2 heterocycles. The van der Waals surface area contributed by atoms with Gasteiger partial charge < -0.3 is 15.2 Å². The van der Waals surface area contributed by atoms with Crippen LogP contribution in [-0.2, 0) is 19.5 Å². The number of aryl methyl sites for hydroxylation is 1. The lowest BCUT2D eigenvalue weighted by molar-refractivity contribution is 0.599. The summed E-state index contributed by atoms with van der Waals surface area (Å²) in [4.78, 5) is 5.95. The zero-order chi connectivity index (χ0) is 16.5. The van der Waals surface area contributed by atoms with E-state index in [0.717, 1.165) is 37.7 Å². The molecule has 1 unspecified atom stereocenters. The van der Waals surface area contributed by atoms with E-state index in [1.165, 1.54) is 4.88 Å². The van der Waals surface area contributed by atoms with Crippen molar-refractivity contribution in [1.82, 2.24) is 25.4 Å². The van der Waals surface area contributed by atoms with Crippen molar-refractivity contribution >= 4 is 17.3 Å². The molecule has 0 bridgehead atoms. The lowest BCUT2D eigenvalue weighted by Gasteiger charge is -2.17. The number of aliphatic imine (C=N–C) groups is 1. The van der Waals surface area contributed by atoms with Crippen molar-refractivity contribution in [2.24, 2.45) is 4.99 Å². The third kappa shape index (κ3) is 5.67. The number of hydrogen-bond acceptors (Lipinski definition) is 4. The second-order valence-electron chi connectivity index (χ2n) is 5.42. The van der Waals surface area contributed by atoms with Crippen molar-refractivity contribution in [3.63, 3.8) is 0 Å². The van der Waals surface area contributed by atoms with E-state index in [-0.39, 0.29) is 0 Å². The van der Waals surface area contributed by atoms with Gasteiger partial charge in [-0.3, -0.25) is 0 Å². The molecule has 2 N–H and O–H groups in total. The van der Waals surface area contributed by atoms with Crippen molar-refractivity contribution < 1.29 is 0 Å². The van der Waals surface area contributed by atoms with E-state index in [9.17, 15) is 0 Å². The zero-order valence-electron chi connectivity index (χ0n) is 14.1. The number of hydrogen-bond donors (Lipinski definition) is 2. The Bertz CT molecular complexity index is 589. The second kappa shape index (κ2) is 9.29. The van der Waals surface area contributed by atoms with Crippen LogP contribution in [0.3, 0.4) is 0 Å². The molecule has 6 nitrogen and oxygen atoms in total. The fourth-order valence-corrected chi connectivity index (χ4v) is 2.71. The van der Waals surface area contributed by atoms with Gasteiger partial charge in [-0.25, -0.2) is 4.99 Å². The highest BCUT2D eigenvalue weighted by Crippen LogP contribution is 2.09. The van der Waals surface area contributed by atoms with E-state index in [1.807, 2.05) is 0 Å². The largest absolute Gasteiger partial charge is 0.355 e. The Morgan fingerprint density at radius 2 is 2.30 bits per heavy atom. The fourth-order valence-electron chi connectivity index (χ4n) is 2.08. The van der Waals surface area contributed by atoms with Crippen molar-refractivity contribution in [1.29, 1.82) is 0 Å². The highest BCUT2D eigenvalue weighted by Gasteiger charge is 2.05. The maximum atomic E-state index is 4.68. The molecule has 0 radical (unpaired) electrons. The Balaban J connectivity index is 1.90. The molecule has 2 aromatic heterocycles. The van der Waals surface area contributed by atoms with E-state index in [1.54, 1.807) is 17.7 Å². The van der Waals surface area contributed by atoms with Gasteiger partial charge in [0.1, 0.15) is 12.2 Å². The van der Waals surface area contributed by atoms with Gasteiger partial charge in [0.05, 0.1) is 6.54 Å². The molecule has 0 aliphatic carbocycles. The van der Waals surface area contributed by atoms with Crippen molar-refractivity contribution in [3.8, 4) is 0 Å². The number of thiophene rings is 1. The fraction of sp³-hybridized carbons (Fsp3) is 0.562. The molecule has 7 heteroatoms. The van der Waals surface area contributed by atoms with E-state index >= 15 is 0 Å². The smallest absolute Gasteiger partial charge is 0.191 e. The van der Waals surface area contributed by atoms with Gasteiger partial charge in [0.25, 0.3) is 0 Å². The zero-order valence-corrected chi connectivity index (χ0v) is 14.9. The second-order valence-corrected chi connectivity index (χ2v) is 6.45. The van der Waals surface area contributed by atoms with Crippen LogP contribution in [0.2, 0.25) is 0 Å². The SMILES string of the molecule is CCc1nncn1CCNC(=NCc1cccs1)NC(C)CC. The lowest BCUT2D eigenvalue weighted by Crippen LogP contribution is -2.43. The predicted molar refractivity (Wildman–Crippen MR) is 95.7 cm³/mol. The number of nitrogens with zero attached hydrogens (tertiary/aromatic N) is 4. The van der Waals surface area contributed by atoms with Crippen LogP contribution in [0.1, 0.15) is 37.9 Å². The Morgan fingerprint density at radius 3 is 3.00 bits per heavy atom. The minimum atomic E-state index is 0.394. The molecular formula is C16H26N6S. The maximum Gasteiger partial charge on any atom is 0.191 e. The topological polar surface area (TPSA) is 67.1 Å². The molecular weight excluding hydrogens is 308 g/mol. The van der Waals surface area contributed by atoms with Crippen molar-refractivity contribution in [2.45, 2.75) is 52.7 Å². The van der Waals surface area contributed by atoms with Crippen LogP contribution >= 0.6 is 11.3 Å². The Kier molecular flexibility index (Phi) is 7.06. The van der Waals surface area contributed by atoms with Gasteiger partial charge in [0.2, 0.25) is 0 Å². The molecule has 0 spiro atoms. The summed E-state index contributed by atoms with van der Waals surface area (Å²) in [5.41, 5.74) is 0. The molecule has 0 aliphatic heterocycles. The minimum Gasteiger partial charge on any atom is -0.355 e. The third-order valence-electron chi connectivity index (χ3n) is 3.63. The molecule has 2 rings (SSSR count). The normalized spacial score (nSPS) is 13.1. The Labute approximate surface area is 142 Å². The van der Waals surface area contributed by atoms with Gasteiger partial charge in [-0.15, -0.1) is 21.5 Å². The summed E-state index contributed by atoms with van der Waals surface area (Å²) in [7, 11) is 0. The standard InChI is InChI=1S/C16H26N6S/c1-4-13(3)20-16(18-11-14-7-6-10-23-14)17-8-9-22-12-19-21-15(22)5-2/h6-7,10,12-13H,4-5,8-9,11H2,1-3H3,(H2,17,18,20). The molecule has 0 aromatic carbocycles. The lowest BCUT2D eigenvalue weighted by atomic mass is 10.3. The van der Waals surface area contributed by atoms with Crippen molar-refractivity contribution in [2.75, 3.05) is 6.54 Å². The molecule has 2 aromatic rings. The van der Waals surface area contributed by atoms with Gasteiger partial charge in [0, 0.05) is 30.4 Å². The molecule has 23 heavy (non-hydrogen) atoms. The first-order chi connectivity index (χ1) is 11.2. The van der Waals surface area contributed by atoms with Crippen LogP contribution in [0.25, 0.3) is 0 Å². The molecule has 0 fully saturated rings. The van der Waals surface area contributed by atoms with Gasteiger partial charge in [0.15, 0.2) is 5.96 Å². The third-order valence-corrected chi connectivity index (χ3v) is 4.49. The predicted octanol–water partition coefficient (Wildman–Crippen LogP) is 2.44. The van der Waals surface area contributed by atoms with Crippen LogP contribution in [0, 0.1) is 0 Å². The highest BCUT2D eigenvalue weighted by molar-refractivity contribution is 7.09. The first-order valence-corrected chi connectivity index (χ1v) is 9.04. The molecule has 0 amide bonds. The number of rotatable bonds is 8. The molecule has 1 atom stereocenters. The maximum absolute atomic E-state index is 4.68. The summed E-state index contributed by atoms with van der Waals surface area (Å²) in [5, 5.41) is 17.0.